The highest BCUT2D eigenvalue weighted by atomic mass is 35.5. The Kier molecular flexibility index (Phi) is 7.67. The number of rotatable bonds is 7. The molecule has 1 saturated carbocycles. The number of amides is 1. The molecule has 0 bridgehead atoms. The van der Waals surface area contributed by atoms with Crippen molar-refractivity contribution in [2.75, 3.05) is 7.11 Å². The third-order valence-electron chi connectivity index (χ3n) is 6.24. The van der Waals surface area contributed by atoms with E-state index >= 15 is 0 Å². The van der Waals surface area contributed by atoms with E-state index in [2.05, 4.69) is 10.5 Å². The minimum absolute atomic E-state index is 0.102. The van der Waals surface area contributed by atoms with Gasteiger partial charge in [-0.3, -0.25) is 9.59 Å². The van der Waals surface area contributed by atoms with E-state index in [9.17, 15) is 9.59 Å². The van der Waals surface area contributed by atoms with Crippen molar-refractivity contribution in [3.8, 4) is 11.5 Å². The highest BCUT2D eigenvalue weighted by molar-refractivity contribution is 7.21. The number of nitrogens with zero attached hydrogens (tertiary/aromatic N) is 1. The predicted molar refractivity (Wildman–Crippen MR) is 146 cm³/mol. The van der Waals surface area contributed by atoms with E-state index < -0.39 is 11.9 Å². The van der Waals surface area contributed by atoms with Crippen molar-refractivity contribution in [3.63, 3.8) is 0 Å². The molecule has 1 heterocycles. The van der Waals surface area contributed by atoms with E-state index in [4.69, 9.17) is 44.3 Å². The van der Waals surface area contributed by atoms with Gasteiger partial charge in [-0.15, -0.1) is 11.3 Å². The van der Waals surface area contributed by atoms with Gasteiger partial charge in [-0.05, 0) is 59.7 Å². The van der Waals surface area contributed by atoms with Gasteiger partial charge in [0.2, 0.25) is 0 Å². The SMILES string of the molecule is COc1cc(/C=N\NC(=O)c2sc3cc(C)ccc3c2Cl)ccc1OC(=O)[C@H]1[C@@H](C=C(Cl)Cl)C1(C)C. The van der Waals surface area contributed by atoms with Gasteiger partial charge in [-0.2, -0.15) is 5.10 Å². The molecule has 36 heavy (non-hydrogen) atoms. The van der Waals surface area contributed by atoms with Crippen molar-refractivity contribution in [1.29, 1.82) is 0 Å². The van der Waals surface area contributed by atoms with Gasteiger partial charge in [0.15, 0.2) is 11.5 Å². The first kappa shape index (κ1) is 26.5. The number of carbonyl (C=O) groups excluding carboxylic acids is 2. The van der Waals surface area contributed by atoms with E-state index in [0.29, 0.717) is 21.2 Å². The number of hydrogen-bond donors (Lipinski definition) is 1. The molecule has 0 aliphatic heterocycles. The van der Waals surface area contributed by atoms with Crippen LogP contribution in [-0.2, 0) is 4.79 Å². The van der Waals surface area contributed by atoms with Crippen molar-refractivity contribution in [3.05, 3.63) is 68.0 Å². The molecule has 1 aromatic heterocycles. The molecule has 3 aromatic rings. The largest absolute Gasteiger partial charge is 0.493 e. The third kappa shape index (κ3) is 5.39. The van der Waals surface area contributed by atoms with Crippen LogP contribution in [0.3, 0.4) is 0 Å². The maximum atomic E-state index is 12.8. The van der Waals surface area contributed by atoms with Crippen molar-refractivity contribution >= 4 is 74.3 Å². The van der Waals surface area contributed by atoms with Crippen molar-refractivity contribution in [1.82, 2.24) is 5.43 Å². The summed E-state index contributed by atoms with van der Waals surface area (Å²) in [6, 6.07) is 10.8. The monoisotopic (exact) mass is 564 g/mol. The molecule has 1 amide bonds. The Morgan fingerprint density at radius 2 is 1.89 bits per heavy atom. The number of fused-ring (bicyclic) bond motifs is 1. The maximum absolute atomic E-state index is 12.8. The second kappa shape index (κ2) is 10.4. The second-order valence-corrected chi connectivity index (χ2v) is 11.5. The fourth-order valence-electron chi connectivity index (χ4n) is 4.13. The summed E-state index contributed by atoms with van der Waals surface area (Å²) in [6.45, 7) is 5.89. The van der Waals surface area contributed by atoms with Crippen LogP contribution < -0.4 is 14.9 Å². The van der Waals surface area contributed by atoms with Gasteiger partial charge in [-0.1, -0.05) is 60.8 Å². The number of allylic oxidation sites excluding steroid dienone is 1. The quantitative estimate of drug-likeness (QED) is 0.143. The standard InChI is InChI=1S/C26H23Cl3N2O4S/c1-13-5-7-15-19(9-13)36-23(22(15)29)24(32)31-30-12-14-6-8-17(18(10-14)34-4)35-25(33)21-16(11-20(27)28)26(21,2)3/h5-12,16,21H,1-4H3,(H,31,32)/b30-12-/t16-,21-/m1/s1. The van der Waals surface area contributed by atoms with Crippen molar-refractivity contribution in [2.45, 2.75) is 20.8 Å². The molecule has 10 heteroatoms. The summed E-state index contributed by atoms with van der Waals surface area (Å²) in [5.41, 5.74) is 3.92. The normalized spacial score (nSPS) is 18.2. The summed E-state index contributed by atoms with van der Waals surface area (Å²) in [7, 11) is 1.47. The average molecular weight is 566 g/mol. The van der Waals surface area contributed by atoms with Gasteiger partial charge in [0.25, 0.3) is 5.91 Å². The molecule has 0 spiro atoms. The number of hydrazone groups is 1. The van der Waals surface area contributed by atoms with Gasteiger partial charge in [-0.25, -0.2) is 5.43 Å². The number of aryl methyl sites for hydroxylation is 1. The molecule has 1 N–H and O–H groups in total. The van der Waals surface area contributed by atoms with E-state index in [0.717, 1.165) is 15.6 Å². The molecule has 1 aliphatic carbocycles. The lowest BCUT2D eigenvalue weighted by Crippen LogP contribution is -2.16. The summed E-state index contributed by atoms with van der Waals surface area (Å²) in [6.07, 6.45) is 3.12. The van der Waals surface area contributed by atoms with Gasteiger partial charge < -0.3 is 9.47 Å². The number of halogens is 3. The number of carbonyl (C=O) groups is 2. The first-order chi connectivity index (χ1) is 17.0. The number of thiophene rings is 1. The molecule has 1 fully saturated rings. The lowest BCUT2D eigenvalue weighted by atomic mass is 10.1. The smallest absolute Gasteiger partial charge is 0.315 e. The summed E-state index contributed by atoms with van der Waals surface area (Å²) < 4.78 is 12.1. The lowest BCUT2D eigenvalue weighted by Gasteiger charge is -2.10. The fraction of sp³-hybridized carbons (Fsp3) is 0.269. The number of ether oxygens (including phenoxy) is 2. The van der Waals surface area contributed by atoms with Crippen LogP contribution in [0.5, 0.6) is 11.5 Å². The van der Waals surface area contributed by atoms with E-state index in [1.807, 2.05) is 39.0 Å². The number of hydrogen-bond acceptors (Lipinski definition) is 6. The Hall–Kier alpha value is -2.58. The summed E-state index contributed by atoms with van der Waals surface area (Å²) >= 11 is 19.3. The van der Waals surface area contributed by atoms with E-state index in [1.54, 1.807) is 24.3 Å². The average Bonchev–Trinajstić information content (AvgIpc) is 3.18. The Bertz CT molecular complexity index is 1410. The Balaban J connectivity index is 1.43. The summed E-state index contributed by atoms with van der Waals surface area (Å²) in [5.74, 6) is -0.635. The molecule has 6 nitrogen and oxygen atoms in total. The van der Waals surface area contributed by atoms with Crippen LogP contribution in [0, 0.1) is 24.2 Å². The van der Waals surface area contributed by atoms with Gasteiger partial charge >= 0.3 is 5.97 Å². The number of esters is 1. The van der Waals surface area contributed by atoms with Crippen molar-refractivity contribution < 1.29 is 19.1 Å². The Labute approximate surface area is 227 Å². The molecular weight excluding hydrogens is 543 g/mol. The molecule has 4 rings (SSSR count). The zero-order chi connectivity index (χ0) is 26.2. The molecule has 2 atom stereocenters. The first-order valence-corrected chi connectivity index (χ1v) is 12.9. The van der Waals surface area contributed by atoms with Gasteiger partial charge in [0.1, 0.15) is 9.37 Å². The van der Waals surface area contributed by atoms with Crippen molar-refractivity contribution in [2.24, 2.45) is 22.4 Å². The van der Waals surface area contributed by atoms with Crippen LogP contribution in [0.15, 0.2) is 52.1 Å². The minimum atomic E-state index is -0.402. The molecular formula is C26H23Cl3N2O4S. The van der Waals surface area contributed by atoms with E-state index in [1.165, 1.54) is 24.7 Å². The topological polar surface area (TPSA) is 77.0 Å². The van der Waals surface area contributed by atoms with Gasteiger partial charge in [0, 0.05) is 10.1 Å². The lowest BCUT2D eigenvalue weighted by molar-refractivity contribution is -0.136. The van der Waals surface area contributed by atoms with Gasteiger partial charge in [0.05, 0.1) is 24.3 Å². The van der Waals surface area contributed by atoms with Crippen LogP contribution in [0.2, 0.25) is 5.02 Å². The second-order valence-electron chi connectivity index (χ2n) is 9.06. The summed E-state index contributed by atoms with van der Waals surface area (Å²) in [4.78, 5) is 25.8. The van der Waals surface area contributed by atoms with Crippen LogP contribution in [0.1, 0.15) is 34.6 Å². The Morgan fingerprint density at radius 3 is 2.58 bits per heavy atom. The molecule has 0 unspecified atom stereocenters. The van der Waals surface area contributed by atoms with Crippen LogP contribution in [0.25, 0.3) is 10.1 Å². The third-order valence-corrected chi connectivity index (χ3v) is 8.15. The molecule has 0 radical (unpaired) electrons. The van der Waals surface area contributed by atoms with Crippen LogP contribution >= 0.6 is 46.1 Å². The minimum Gasteiger partial charge on any atom is -0.493 e. The number of benzene rings is 2. The van der Waals surface area contributed by atoms with Crippen LogP contribution in [-0.4, -0.2) is 25.2 Å². The fourth-order valence-corrected chi connectivity index (χ4v) is 5.91. The molecule has 2 aromatic carbocycles. The number of methoxy groups -OCH3 is 1. The molecule has 1 aliphatic rings. The highest BCUT2D eigenvalue weighted by Crippen LogP contribution is 2.60. The first-order valence-electron chi connectivity index (χ1n) is 11.0. The zero-order valence-corrected chi connectivity index (χ0v) is 23.0. The maximum Gasteiger partial charge on any atom is 0.315 e. The molecule has 188 valence electrons. The molecule has 0 saturated heterocycles. The summed E-state index contributed by atoms with van der Waals surface area (Å²) in [5, 5.41) is 5.27. The Morgan fingerprint density at radius 1 is 1.14 bits per heavy atom. The number of nitrogens with one attached hydrogen (secondary N) is 1. The van der Waals surface area contributed by atoms with Crippen LogP contribution in [0.4, 0.5) is 0 Å². The van der Waals surface area contributed by atoms with E-state index in [-0.39, 0.29) is 27.5 Å². The predicted octanol–water partition coefficient (Wildman–Crippen LogP) is 7.13. The zero-order valence-electron chi connectivity index (χ0n) is 19.9. The highest BCUT2D eigenvalue weighted by Gasteiger charge is 2.61.